The van der Waals surface area contributed by atoms with Gasteiger partial charge >= 0.3 is 12.0 Å². The zero-order chi connectivity index (χ0) is 12.0. The first-order valence-corrected chi connectivity index (χ1v) is 4.55. The highest BCUT2D eigenvalue weighted by Crippen LogP contribution is 2.02. The molecule has 6 heteroatoms. The molecule has 0 saturated heterocycles. The number of urea groups is 1. The summed E-state index contributed by atoms with van der Waals surface area (Å²) >= 11 is 0. The molecule has 0 saturated carbocycles. The summed E-state index contributed by atoms with van der Waals surface area (Å²) in [5, 5.41) is 9.11. The lowest BCUT2D eigenvalue weighted by atomic mass is 10.2. The van der Waals surface area contributed by atoms with E-state index in [0.29, 0.717) is 5.06 Å². The van der Waals surface area contributed by atoms with Crippen LogP contribution in [0.1, 0.15) is 5.56 Å². The lowest BCUT2D eigenvalue weighted by Gasteiger charge is -2.17. The molecule has 0 spiro atoms. The number of nitrogens with zero attached hydrogens (tertiary/aromatic N) is 1. The van der Waals surface area contributed by atoms with Crippen LogP contribution in [0.5, 0.6) is 0 Å². The van der Waals surface area contributed by atoms with Gasteiger partial charge in [0.15, 0.2) is 0 Å². The number of carbonyl (C=O) groups excluding carboxylic acids is 1. The second-order valence-electron chi connectivity index (χ2n) is 3.03. The van der Waals surface area contributed by atoms with Crippen LogP contribution in [0.15, 0.2) is 30.3 Å². The summed E-state index contributed by atoms with van der Waals surface area (Å²) in [5.74, 6) is -1.19. The van der Waals surface area contributed by atoms with Crippen LogP contribution in [0.3, 0.4) is 0 Å². The predicted molar refractivity (Wildman–Crippen MR) is 55.2 cm³/mol. The van der Waals surface area contributed by atoms with Crippen molar-refractivity contribution < 1.29 is 19.5 Å². The second kappa shape index (κ2) is 5.72. The molecule has 1 aromatic rings. The first-order chi connectivity index (χ1) is 7.59. The molecule has 0 aliphatic rings. The van der Waals surface area contributed by atoms with Crippen molar-refractivity contribution in [3.63, 3.8) is 0 Å². The van der Waals surface area contributed by atoms with Crippen molar-refractivity contribution in [3.05, 3.63) is 35.9 Å². The Balaban J connectivity index is 2.50. The van der Waals surface area contributed by atoms with Gasteiger partial charge in [-0.15, -0.1) is 0 Å². The molecule has 0 heterocycles. The molecule has 0 radical (unpaired) electrons. The highest BCUT2D eigenvalue weighted by atomic mass is 16.7. The van der Waals surface area contributed by atoms with E-state index in [0.717, 1.165) is 5.56 Å². The fourth-order valence-corrected chi connectivity index (χ4v) is 1.04. The molecule has 0 atom stereocenters. The third-order valence-electron chi connectivity index (χ3n) is 1.75. The van der Waals surface area contributed by atoms with Crippen LogP contribution >= 0.6 is 0 Å². The number of rotatable bonds is 5. The number of aliphatic carboxylic acids is 1. The number of primary amides is 1. The average Bonchev–Trinajstić information content (AvgIpc) is 2.25. The van der Waals surface area contributed by atoms with E-state index in [4.69, 9.17) is 15.7 Å². The Hall–Kier alpha value is -2.08. The maximum atomic E-state index is 10.8. The number of benzene rings is 1. The van der Waals surface area contributed by atoms with Crippen molar-refractivity contribution in [1.29, 1.82) is 0 Å². The second-order valence-corrected chi connectivity index (χ2v) is 3.03. The monoisotopic (exact) mass is 224 g/mol. The zero-order valence-electron chi connectivity index (χ0n) is 8.50. The Bertz CT molecular complexity index is 366. The number of carbonyl (C=O) groups is 2. The fourth-order valence-electron chi connectivity index (χ4n) is 1.04. The number of hydroxylamine groups is 2. The highest BCUT2D eigenvalue weighted by Gasteiger charge is 2.14. The van der Waals surface area contributed by atoms with Crippen LogP contribution in [0.4, 0.5) is 4.79 Å². The average molecular weight is 224 g/mol. The van der Waals surface area contributed by atoms with Crippen molar-refractivity contribution in [2.45, 2.75) is 6.61 Å². The molecule has 0 bridgehead atoms. The van der Waals surface area contributed by atoms with Crippen molar-refractivity contribution in [2.24, 2.45) is 5.73 Å². The first-order valence-electron chi connectivity index (χ1n) is 4.55. The number of carboxylic acids is 1. The van der Waals surface area contributed by atoms with Gasteiger partial charge in [0, 0.05) is 0 Å². The van der Waals surface area contributed by atoms with Crippen LogP contribution in [0.2, 0.25) is 0 Å². The van der Waals surface area contributed by atoms with E-state index in [-0.39, 0.29) is 6.61 Å². The molecule has 0 aromatic heterocycles. The Kier molecular flexibility index (Phi) is 4.28. The topological polar surface area (TPSA) is 92.9 Å². The molecule has 1 rings (SSSR count). The van der Waals surface area contributed by atoms with Crippen molar-refractivity contribution in [1.82, 2.24) is 5.06 Å². The number of amides is 2. The Morgan fingerprint density at radius 2 is 1.94 bits per heavy atom. The minimum absolute atomic E-state index is 0.0943. The summed E-state index contributed by atoms with van der Waals surface area (Å²) in [4.78, 5) is 26.2. The molecule has 86 valence electrons. The maximum absolute atomic E-state index is 10.8. The molecule has 1 aromatic carbocycles. The van der Waals surface area contributed by atoms with Gasteiger partial charge in [0.1, 0.15) is 13.2 Å². The first kappa shape index (κ1) is 12.0. The third-order valence-corrected chi connectivity index (χ3v) is 1.75. The van der Waals surface area contributed by atoms with Gasteiger partial charge in [0.05, 0.1) is 0 Å². The number of nitrogens with two attached hydrogens (primary N) is 1. The van der Waals surface area contributed by atoms with Crippen LogP contribution in [0, 0.1) is 0 Å². The normalized spacial score (nSPS) is 9.75. The molecule has 0 unspecified atom stereocenters. The molecule has 0 fully saturated rings. The van der Waals surface area contributed by atoms with Crippen LogP contribution in [-0.2, 0) is 16.2 Å². The predicted octanol–water partition coefficient (Wildman–Crippen LogP) is 0.583. The maximum Gasteiger partial charge on any atom is 0.339 e. The molecule has 0 aliphatic heterocycles. The lowest BCUT2D eigenvalue weighted by molar-refractivity contribution is -0.159. The quantitative estimate of drug-likeness (QED) is 0.715. The summed E-state index contributed by atoms with van der Waals surface area (Å²) < 4.78 is 0. The minimum atomic E-state index is -1.19. The van der Waals surface area contributed by atoms with E-state index >= 15 is 0 Å². The van der Waals surface area contributed by atoms with E-state index in [2.05, 4.69) is 0 Å². The summed E-state index contributed by atoms with van der Waals surface area (Å²) in [7, 11) is 0. The summed E-state index contributed by atoms with van der Waals surface area (Å²) in [5.41, 5.74) is 5.77. The zero-order valence-corrected chi connectivity index (χ0v) is 8.50. The largest absolute Gasteiger partial charge is 0.480 e. The SMILES string of the molecule is NC(=O)N(CC(=O)O)OCc1ccccc1. The van der Waals surface area contributed by atoms with Crippen LogP contribution < -0.4 is 5.73 Å². The van der Waals surface area contributed by atoms with Gasteiger partial charge in [-0.05, 0) is 5.56 Å². The molecule has 0 aliphatic carbocycles. The van der Waals surface area contributed by atoms with Crippen molar-refractivity contribution in [2.75, 3.05) is 6.54 Å². The molecule has 3 N–H and O–H groups in total. The van der Waals surface area contributed by atoms with Crippen LogP contribution in [0.25, 0.3) is 0 Å². The lowest BCUT2D eigenvalue weighted by Crippen LogP contribution is -2.39. The van der Waals surface area contributed by atoms with Crippen molar-refractivity contribution >= 4 is 12.0 Å². The van der Waals surface area contributed by atoms with Gasteiger partial charge in [-0.2, -0.15) is 5.06 Å². The van der Waals surface area contributed by atoms with E-state index in [1.54, 1.807) is 12.1 Å². The molecule has 16 heavy (non-hydrogen) atoms. The highest BCUT2D eigenvalue weighted by molar-refractivity contribution is 5.77. The van der Waals surface area contributed by atoms with Crippen molar-refractivity contribution in [3.8, 4) is 0 Å². The van der Waals surface area contributed by atoms with E-state index in [1.807, 2.05) is 18.2 Å². The van der Waals surface area contributed by atoms with Gasteiger partial charge in [0.2, 0.25) is 0 Å². The Labute approximate surface area is 92.2 Å². The van der Waals surface area contributed by atoms with Gasteiger partial charge in [-0.3, -0.25) is 9.63 Å². The van der Waals surface area contributed by atoms with Gasteiger partial charge in [0.25, 0.3) is 0 Å². The summed E-state index contributed by atoms with van der Waals surface area (Å²) in [6.45, 7) is -0.487. The summed E-state index contributed by atoms with van der Waals surface area (Å²) in [6.07, 6.45) is 0. The number of hydrogen-bond donors (Lipinski definition) is 2. The van der Waals surface area contributed by atoms with Gasteiger partial charge in [-0.25, -0.2) is 4.79 Å². The third kappa shape index (κ3) is 3.97. The number of carboxylic acid groups (broad SMARTS) is 1. The molecular formula is C10H12N2O4. The van der Waals surface area contributed by atoms with Gasteiger partial charge < -0.3 is 10.8 Å². The summed E-state index contributed by atoms with van der Waals surface area (Å²) in [6, 6.07) is 8.11. The number of hydrogen-bond acceptors (Lipinski definition) is 3. The fraction of sp³-hybridized carbons (Fsp3) is 0.200. The standard InChI is InChI=1S/C10H12N2O4/c11-10(15)12(6-9(13)14)16-7-8-4-2-1-3-5-8/h1-5H,6-7H2,(H2,11,15)(H,13,14). The van der Waals surface area contributed by atoms with E-state index < -0.39 is 18.5 Å². The Morgan fingerprint density at radius 1 is 1.31 bits per heavy atom. The minimum Gasteiger partial charge on any atom is -0.480 e. The smallest absolute Gasteiger partial charge is 0.339 e. The molecule has 2 amide bonds. The molecular weight excluding hydrogens is 212 g/mol. The Morgan fingerprint density at radius 3 is 2.44 bits per heavy atom. The van der Waals surface area contributed by atoms with E-state index in [1.165, 1.54) is 0 Å². The van der Waals surface area contributed by atoms with E-state index in [9.17, 15) is 9.59 Å². The van der Waals surface area contributed by atoms with Crippen LogP contribution in [-0.4, -0.2) is 28.7 Å². The van der Waals surface area contributed by atoms with Gasteiger partial charge in [-0.1, -0.05) is 30.3 Å². The molecule has 6 nitrogen and oxygen atoms in total.